The molecule has 3 rings (SSSR count). The van der Waals surface area contributed by atoms with E-state index in [0.29, 0.717) is 11.8 Å². The predicted octanol–water partition coefficient (Wildman–Crippen LogP) is 3.78. The maximum atomic E-state index is 12.7. The zero-order chi connectivity index (χ0) is 14.8. The average molecular weight is 306 g/mol. The van der Waals surface area contributed by atoms with Crippen LogP contribution in [-0.2, 0) is 4.79 Å². The van der Waals surface area contributed by atoms with Crippen LogP contribution < -0.4 is 5.32 Å². The molecule has 1 aliphatic carbocycles. The maximum Gasteiger partial charge on any atom is 0.241 e. The van der Waals surface area contributed by atoms with Gasteiger partial charge in [0.1, 0.15) is 6.17 Å². The summed E-state index contributed by atoms with van der Waals surface area (Å²) >= 11 is 1.70. The predicted molar refractivity (Wildman–Crippen MR) is 87.1 cm³/mol. The molecule has 1 saturated heterocycles. The van der Waals surface area contributed by atoms with Crippen LogP contribution in [0.2, 0.25) is 0 Å². The highest BCUT2D eigenvalue weighted by atomic mass is 32.1. The van der Waals surface area contributed by atoms with Crippen molar-refractivity contribution in [3.63, 3.8) is 0 Å². The van der Waals surface area contributed by atoms with Gasteiger partial charge in [0.15, 0.2) is 0 Å². The van der Waals surface area contributed by atoms with Crippen molar-refractivity contribution in [1.29, 1.82) is 0 Å². The summed E-state index contributed by atoms with van der Waals surface area (Å²) in [6.45, 7) is 5.15. The van der Waals surface area contributed by atoms with Gasteiger partial charge in [-0.1, -0.05) is 39.5 Å². The molecule has 2 fully saturated rings. The van der Waals surface area contributed by atoms with Crippen molar-refractivity contribution in [3.05, 3.63) is 22.4 Å². The Morgan fingerprint density at radius 3 is 2.76 bits per heavy atom. The van der Waals surface area contributed by atoms with E-state index in [1.54, 1.807) is 11.3 Å². The van der Waals surface area contributed by atoms with Gasteiger partial charge in [0.25, 0.3) is 0 Å². The molecular weight excluding hydrogens is 280 g/mol. The van der Waals surface area contributed by atoms with E-state index in [1.807, 2.05) is 0 Å². The van der Waals surface area contributed by atoms with Gasteiger partial charge in [-0.15, -0.1) is 0 Å². The number of thiophene rings is 1. The molecule has 0 radical (unpaired) electrons. The summed E-state index contributed by atoms with van der Waals surface area (Å²) in [6.07, 6.45) is 6.70. The highest BCUT2D eigenvalue weighted by molar-refractivity contribution is 7.07. The fourth-order valence-electron chi connectivity index (χ4n) is 3.68. The first kappa shape index (κ1) is 15.0. The summed E-state index contributed by atoms with van der Waals surface area (Å²) < 4.78 is 0. The van der Waals surface area contributed by atoms with E-state index in [9.17, 15) is 4.79 Å². The molecule has 0 spiro atoms. The molecule has 1 saturated carbocycles. The summed E-state index contributed by atoms with van der Waals surface area (Å²) in [7, 11) is 0. The van der Waals surface area contributed by atoms with E-state index < -0.39 is 0 Å². The Kier molecular flexibility index (Phi) is 4.65. The molecule has 0 bridgehead atoms. The molecule has 2 unspecified atom stereocenters. The normalized spacial score (nSPS) is 27.2. The number of nitrogens with one attached hydrogen (secondary N) is 1. The lowest BCUT2D eigenvalue weighted by Crippen LogP contribution is -2.35. The van der Waals surface area contributed by atoms with Gasteiger partial charge in [-0.3, -0.25) is 10.1 Å². The van der Waals surface area contributed by atoms with Crippen molar-refractivity contribution in [2.45, 2.75) is 58.2 Å². The smallest absolute Gasteiger partial charge is 0.241 e. The van der Waals surface area contributed by atoms with E-state index in [-0.39, 0.29) is 12.2 Å². The van der Waals surface area contributed by atoms with Crippen LogP contribution in [0.1, 0.15) is 57.7 Å². The monoisotopic (exact) mass is 306 g/mol. The van der Waals surface area contributed by atoms with Crippen LogP contribution in [0.25, 0.3) is 0 Å². The summed E-state index contributed by atoms with van der Waals surface area (Å²) in [6, 6.07) is 2.11. The highest BCUT2D eigenvalue weighted by Crippen LogP contribution is 2.32. The van der Waals surface area contributed by atoms with Gasteiger partial charge in [0, 0.05) is 6.54 Å². The molecule has 21 heavy (non-hydrogen) atoms. The molecule has 116 valence electrons. The first-order valence-corrected chi connectivity index (χ1v) is 9.19. The molecule has 1 aromatic heterocycles. The summed E-state index contributed by atoms with van der Waals surface area (Å²) in [5.74, 6) is 1.47. The summed E-state index contributed by atoms with van der Waals surface area (Å²) in [4.78, 5) is 14.8. The van der Waals surface area contributed by atoms with Crippen LogP contribution in [0.15, 0.2) is 16.8 Å². The van der Waals surface area contributed by atoms with E-state index in [4.69, 9.17) is 0 Å². The Morgan fingerprint density at radius 1 is 1.38 bits per heavy atom. The summed E-state index contributed by atoms with van der Waals surface area (Å²) in [5, 5.41) is 7.81. The van der Waals surface area contributed by atoms with Crippen LogP contribution in [0.3, 0.4) is 0 Å². The molecule has 1 amide bonds. The molecule has 1 aromatic rings. The molecule has 1 aliphatic heterocycles. The van der Waals surface area contributed by atoms with Gasteiger partial charge < -0.3 is 4.90 Å². The molecule has 2 atom stereocenters. The van der Waals surface area contributed by atoms with Crippen LogP contribution in [-0.4, -0.2) is 23.4 Å². The van der Waals surface area contributed by atoms with E-state index >= 15 is 0 Å². The fourth-order valence-corrected chi connectivity index (χ4v) is 4.36. The van der Waals surface area contributed by atoms with Gasteiger partial charge in [-0.2, -0.15) is 11.3 Å². The third-order valence-electron chi connectivity index (χ3n) is 4.98. The van der Waals surface area contributed by atoms with Gasteiger partial charge >= 0.3 is 0 Å². The maximum absolute atomic E-state index is 12.7. The minimum atomic E-state index is -0.0292. The number of amides is 1. The van der Waals surface area contributed by atoms with Crippen molar-refractivity contribution in [2.24, 2.45) is 11.8 Å². The fraction of sp³-hybridized carbons (Fsp3) is 0.706. The van der Waals surface area contributed by atoms with Crippen molar-refractivity contribution >= 4 is 17.2 Å². The van der Waals surface area contributed by atoms with Crippen molar-refractivity contribution in [1.82, 2.24) is 10.2 Å². The van der Waals surface area contributed by atoms with Crippen LogP contribution in [0, 0.1) is 11.8 Å². The number of rotatable bonds is 5. The number of hydrogen-bond acceptors (Lipinski definition) is 3. The summed E-state index contributed by atoms with van der Waals surface area (Å²) in [5.41, 5.74) is 1.24. The molecule has 1 N–H and O–H groups in total. The third kappa shape index (κ3) is 3.16. The lowest BCUT2D eigenvalue weighted by molar-refractivity contribution is -0.131. The lowest BCUT2D eigenvalue weighted by Gasteiger charge is -2.25. The first-order valence-electron chi connectivity index (χ1n) is 8.25. The lowest BCUT2D eigenvalue weighted by atomic mass is 10.0. The first-order chi connectivity index (χ1) is 10.2. The largest absolute Gasteiger partial charge is 0.322 e. The van der Waals surface area contributed by atoms with E-state index in [2.05, 4.69) is 40.9 Å². The highest BCUT2D eigenvalue weighted by Gasteiger charge is 2.41. The Hall–Kier alpha value is -0.870. The third-order valence-corrected chi connectivity index (χ3v) is 5.68. The van der Waals surface area contributed by atoms with Crippen molar-refractivity contribution in [3.8, 4) is 0 Å². The molecule has 2 aliphatic rings. The zero-order valence-corrected chi connectivity index (χ0v) is 13.9. The average Bonchev–Trinajstić information content (AvgIpc) is 3.17. The molecule has 0 aromatic carbocycles. The Balaban J connectivity index is 1.71. The quantitative estimate of drug-likeness (QED) is 0.898. The minimum Gasteiger partial charge on any atom is -0.322 e. The standard InChI is InChI=1S/C17H26N2OS/c1-12(2)15-17(20)19(9-7-13-5-3-4-6-13)16(18-15)14-8-10-21-11-14/h8,10-13,15-16,18H,3-7,9H2,1-2H3. The Morgan fingerprint density at radius 2 is 2.14 bits per heavy atom. The zero-order valence-electron chi connectivity index (χ0n) is 13.0. The second-order valence-electron chi connectivity index (χ2n) is 6.82. The van der Waals surface area contributed by atoms with Crippen molar-refractivity contribution < 1.29 is 4.79 Å². The van der Waals surface area contributed by atoms with Gasteiger partial charge in [0.05, 0.1) is 6.04 Å². The molecule has 2 heterocycles. The van der Waals surface area contributed by atoms with Gasteiger partial charge in [-0.25, -0.2) is 0 Å². The van der Waals surface area contributed by atoms with Crippen molar-refractivity contribution in [2.75, 3.05) is 6.54 Å². The van der Waals surface area contributed by atoms with Crippen LogP contribution >= 0.6 is 11.3 Å². The number of carbonyl (C=O) groups excluding carboxylic acids is 1. The molecule has 3 nitrogen and oxygen atoms in total. The molecule has 4 heteroatoms. The van der Waals surface area contributed by atoms with Gasteiger partial charge in [-0.05, 0) is 40.6 Å². The Bertz CT molecular complexity index is 465. The van der Waals surface area contributed by atoms with Crippen LogP contribution in [0.5, 0.6) is 0 Å². The van der Waals surface area contributed by atoms with E-state index in [0.717, 1.165) is 12.5 Å². The minimum absolute atomic E-state index is 0.0292. The number of nitrogens with zero attached hydrogens (tertiary/aromatic N) is 1. The van der Waals surface area contributed by atoms with E-state index in [1.165, 1.54) is 37.7 Å². The van der Waals surface area contributed by atoms with Gasteiger partial charge in [0.2, 0.25) is 5.91 Å². The van der Waals surface area contributed by atoms with Crippen LogP contribution in [0.4, 0.5) is 0 Å². The topological polar surface area (TPSA) is 32.3 Å². The Labute approximate surface area is 131 Å². The number of carbonyl (C=O) groups is 1. The SMILES string of the molecule is CC(C)C1NC(c2ccsc2)N(CCC2CCCC2)C1=O. The second-order valence-corrected chi connectivity index (χ2v) is 7.60. The second kappa shape index (κ2) is 6.49. The number of hydrogen-bond donors (Lipinski definition) is 1. The molecular formula is C17H26N2OS.